The first-order chi connectivity index (χ1) is 8.55. The first kappa shape index (κ1) is 15.1. The van der Waals surface area contributed by atoms with Gasteiger partial charge in [0, 0.05) is 12.3 Å². The molecule has 0 spiro atoms. The molecular weight excluding hydrogens is 272 g/mol. The summed E-state index contributed by atoms with van der Waals surface area (Å²) in [4.78, 5) is 0. The Morgan fingerprint density at radius 1 is 1.39 bits per heavy atom. The van der Waals surface area contributed by atoms with Crippen LogP contribution in [0.4, 0.5) is 5.69 Å². The summed E-state index contributed by atoms with van der Waals surface area (Å²) in [6, 6.07) is 7.00. The topological polar surface area (TPSA) is 81.4 Å². The molecule has 1 rings (SSSR count). The summed E-state index contributed by atoms with van der Waals surface area (Å²) in [6.45, 7) is 0.528. The predicted octanol–water partition coefficient (Wildman–Crippen LogP) is 0.930. The highest BCUT2D eigenvalue weighted by molar-refractivity contribution is 7.98. The van der Waals surface area contributed by atoms with Crippen molar-refractivity contribution in [3.05, 3.63) is 24.3 Å². The molecule has 0 aliphatic rings. The zero-order valence-electron chi connectivity index (χ0n) is 10.3. The van der Waals surface area contributed by atoms with Crippen molar-refractivity contribution in [2.24, 2.45) is 0 Å². The Morgan fingerprint density at radius 3 is 2.78 bits per heavy atom. The minimum Gasteiger partial charge on any atom is -0.490 e. The number of hydrogen-bond donors (Lipinski definition) is 2. The Morgan fingerprint density at radius 2 is 2.11 bits per heavy atom. The van der Waals surface area contributed by atoms with Crippen LogP contribution in [0.2, 0.25) is 0 Å². The van der Waals surface area contributed by atoms with E-state index in [4.69, 9.17) is 10.5 Å². The number of hydrogen-bond acceptors (Lipinski definition) is 5. The largest absolute Gasteiger partial charge is 0.490 e. The van der Waals surface area contributed by atoms with Gasteiger partial charge in [-0.15, -0.1) is 0 Å². The van der Waals surface area contributed by atoms with Crippen molar-refractivity contribution in [3.63, 3.8) is 0 Å². The van der Waals surface area contributed by atoms with E-state index in [-0.39, 0.29) is 12.4 Å². The van der Waals surface area contributed by atoms with Gasteiger partial charge < -0.3 is 10.5 Å². The van der Waals surface area contributed by atoms with Crippen LogP contribution in [-0.2, 0) is 10.0 Å². The molecule has 7 heteroatoms. The van der Waals surface area contributed by atoms with E-state index >= 15 is 0 Å². The van der Waals surface area contributed by atoms with Gasteiger partial charge in [0.2, 0.25) is 10.0 Å². The number of thioether (sulfide) groups is 1. The molecule has 5 nitrogen and oxygen atoms in total. The van der Waals surface area contributed by atoms with E-state index in [1.807, 2.05) is 6.26 Å². The monoisotopic (exact) mass is 290 g/mol. The molecule has 1 aromatic rings. The zero-order valence-corrected chi connectivity index (χ0v) is 11.9. The van der Waals surface area contributed by atoms with Crippen molar-refractivity contribution in [1.29, 1.82) is 0 Å². The lowest BCUT2D eigenvalue weighted by Gasteiger charge is -2.09. The van der Waals surface area contributed by atoms with Crippen LogP contribution in [0.15, 0.2) is 24.3 Å². The van der Waals surface area contributed by atoms with Crippen LogP contribution in [0.25, 0.3) is 0 Å². The van der Waals surface area contributed by atoms with Crippen molar-refractivity contribution in [1.82, 2.24) is 4.72 Å². The maximum atomic E-state index is 11.5. The molecule has 3 N–H and O–H groups in total. The first-order valence-electron chi connectivity index (χ1n) is 5.49. The van der Waals surface area contributed by atoms with E-state index in [1.165, 1.54) is 0 Å². The predicted molar refractivity (Wildman–Crippen MR) is 76.5 cm³/mol. The van der Waals surface area contributed by atoms with Gasteiger partial charge >= 0.3 is 0 Å². The molecule has 0 fully saturated rings. The quantitative estimate of drug-likeness (QED) is 0.550. The van der Waals surface area contributed by atoms with Crippen molar-refractivity contribution >= 4 is 27.5 Å². The number of rotatable bonds is 8. The van der Waals surface area contributed by atoms with E-state index in [0.29, 0.717) is 18.0 Å². The van der Waals surface area contributed by atoms with E-state index in [2.05, 4.69) is 4.72 Å². The van der Waals surface area contributed by atoms with Gasteiger partial charge in [0.05, 0.1) is 11.4 Å². The fourth-order valence-corrected chi connectivity index (χ4v) is 2.54. The third-order valence-corrected chi connectivity index (χ3v) is 4.12. The lowest BCUT2D eigenvalue weighted by Crippen LogP contribution is -2.30. The van der Waals surface area contributed by atoms with Crippen LogP contribution in [0.5, 0.6) is 5.75 Å². The van der Waals surface area contributed by atoms with Gasteiger partial charge in [-0.2, -0.15) is 11.8 Å². The molecule has 1 aromatic carbocycles. The molecule has 102 valence electrons. The van der Waals surface area contributed by atoms with Gasteiger partial charge in [0.15, 0.2) is 0 Å². The van der Waals surface area contributed by atoms with Crippen LogP contribution in [0, 0.1) is 0 Å². The number of nitrogens with two attached hydrogens (primary N) is 1. The fraction of sp³-hybridized carbons (Fsp3) is 0.455. The van der Waals surface area contributed by atoms with Crippen LogP contribution in [-0.4, -0.2) is 39.3 Å². The molecule has 0 atom stereocenters. The minimum atomic E-state index is -3.27. The Hall–Kier alpha value is -0.920. The first-order valence-corrected chi connectivity index (χ1v) is 8.53. The molecule has 18 heavy (non-hydrogen) atoms. The number of nitrogens with one attached hydrogen (secondary N) is 1. The summed E-state index contributed by atoms with van der Waals surface area (Å²) in [7, 11) is -3.27. The molecule has 0 saturated carbocycles. The molecule has 0 bridgehead atoms. The van der Waals surface area contributed by atoms with Gasteiger partial charge in [0.1, 0.15) is 12.4 Å². The standard InChI is InChI=1S/C11H18N2O3S2/c1-17-8-6-13-18(14,15)9-7-16-11-5-3-2-4-10(11)12/h2-5,13H,6-9,12H2,1H3. The molecule has 0 amide bonds. The Bertz CT molecular complexity index is 463. The molecule has 0 aliphatic carbocycles. The fourth-order valence-electron chi connectivity index (χ4n) is 1.24. The highest BCUT2D eigenvalue weighted by Gasteiger charge is 2.09. The van der Waals surface area contributed by atoms with Gasteiger partial charge in [0.25, 0.3) is 0 Å². The number of anilines is 1. The zero-order chi connectivity index (χ0) is 13.4. The molecule has 0 heterocycles. The van der Waals surface area contributed by atoms with Crippen LogP contribution >= 0.6 is 11.8 Å². The van der Waals surface area contributed by atoms with Crippen molar-refractivity contribution in [3.8, 4) is 5.75 Å². The molecule has 0 aromatic heterocycles. The third-order valence-electron chi connectivity index (χ3n) is 2.16. The maximum absolute atomic E-state index is 11.5. The molecule has 0 unspecified atom stereocenters. The summed E-state index contributed by atoms with van der Waals surface area (Å²) >= 11 is 1.59. The van der Waals surface area contributed by atoms with E-state index in [1.54, 1.807) is 36.0 Å². The molecule has 0 aliphatic heterocycles. The van der Waals surface area contributed by atoms with Gasteiger partial charge in [-0.1, -0.05) is 12.1 Å². The summed E-state index contributed by atoms with van der Waals surface area (Å²) in [6.07, 6.45) is 1.93. The molecular formula is C11H18N2O3S2. The maximum Gasteiger partial charge on any atom is 0.214 e. The highest BCUT2D eigenvalue weighted by Crippen LogP contribution is 2.19. The summed E-state index contributed by atoms with van der Waals surface area (Å²) < 4.78 is 30.9. The Labute approximate surface area is 112 Å². The van der Waals surface area contributed by atoms with Gasteiger partial charge in [-0.25, -0.2) is 13.1 Å². The highest BCUT2D eigenvalue weighted by atomic mass is 32.2. The van der Waals surface area contributed by atoms with E-state index in [9.17, 15) is 8.42 Å². The van der Waals surface area contributed by atoms with Crippen molar-refractivity contribution in [2.45, 2.75) is 0 Å². The van der Waals surface area contributed by atoms with E-state index < -0.39 is 10.0 Å². The van der Waals surface area contributed by atoms with Crippen LogP contribution in [0.3, 0.4) is 0 Å². The average molecular weight is 290 g/mol. The van der Waals surface area contributed by atoms with Gasteiger partial charge in [-0.05, 0) is 18.4 Å². The Kier molecular flexibility index (Phi) is 6.31. The second-order valence-electron chi connectivity index (χ2n) is 3.59. The minimum absolute atomic E-state index is 0.0737. The normalized spacial score (nSPS) is 11.4. The third kappa shape index (κ3) is 5.61. The van der Waals surface area contributed by atoms with E-state index in [0.717, 1.165) is 5.75 Å². The average Bonchev–Trinajstić information content (AvgIpc) is 2.32. The second kappa shape index (κ2) is 7.50. The Balaban J connectivity index is 2.35. The summed E-state index contributed by atoms with van der Waals surface area (Å²) in [5, 5.41) is 0. The smallest absolute Gasteiger partial charge is 0.214 e. The number of para-hydroxylation sites is 2. The lowest BCUT2D eigenvalue weighted by atomic mass is 10.3. The summed E-state index contributed by atoms with van der Waals surface area (Å²) in [5.74, 6) is 1.19. The van der Waals surface area contributed by atoms with Crippen molar-refractivity contribution < 1.29 is 13.2 Å². The lowest BCUT2D eigenvalue weighted by molar-refractivity contribution is 0.342. The van der Waals surface area contributed by atoms with Crippen molar-refractivity contribution in [2.75, 3.05) is 36.6 Å². The SMILES string of the molecule is CSCCNS(=O)(=O)CCOc1ccccc1N. The second-order valence-corrected chi connectivity index (χ2v) is 6.50. The molecule has 0 saturated heterocycles. The summed E-state index contributed by atoms with van der Waals surface area (Å²) in [5.41, 5.74) is 6.18. The number of sulfonamides is 1. The number of ether oxygens (including phenoxy) is 1. The van der Waals surface area contributed by atoms with Gasteiger partial charge in [-0.3, -0.25) is 0 Å². The number of nitrogen functional groups attached to an aromatic ring is 1. The number of benzene rings is 1. The molecule has 0 radical (unpaired) electrons. The van der Waals surface area contributed by atoms with Crippen LogP contribution < -0.4 is 15.2 Å². The van der Waals surface area contributed by atoms with Crippen LogP contribution in [0.1, 0.15) is 0 Å².